The summed E-state index contributed by atoms with van der Waals surface area (Å²) in [5.41, 5.74) is 2.98. The average Bonchev–Trinajstić information content (AvgIpc) is 3.25. The van der Waals surface area contributed by atoms with Crippen LogP contribution in [0.5, 0.6) is 0 Å². The van der Waals surface area contributed by atoms with Gasteiger partial charge in [-0.1, -0.05) is 62.9 Å². The SMILES string of the molecule is CC(Sc1nc2ccccc2c(=O)n1-c1ccccc1)C(=O)Nc1sc2c(c1C#N)CCC(C(C)(C)C)C2. The van der Waals surface area contributed by atoms with Crippen molar-refractivity contribution in [1.29, 1.82) is 5.26 Å². The Labute approximate surface area is 230 Å². The molecule has 0 saturated carbocycles. The molecule has 1 aliphatic carbocycles. The Kier molecular flexibility index (Phi) is 7.17. The van der Waals surface area contributed by atoms with Crippen LogP contribution in [-0.2, 0) is 17.6 Å². The fraction of sp³-hybridized carbons (Fsp3) is 0.333. The van der Waals surface area contributed by atoms with E-state index >= 15 is 0 Å². The molecule has 6 nitrogen and oxygen atoms in total. The van der Waals surface area contributed by atoms with E-state index in [9.17, 15) is 14.9 Å². The molecule has 2 unspecified atom stereocenters. The van der Waals surface area contributed by atoms with Gasteiger partial charge in [-0.2, -0.15) is 5.26 Å². The number of amides is 1. The molecule has 0 fully saturated rings. The van der Waals surface area contributed by atoms with Crippen LogP contribution in [0.15, 0.2) is 64.5 Å². The first-order valence-electron chi connectivity index (χ1n) is 12.8. The van der Waals surface area contributed by atoms with Crippen LogP contribution in [0.25, 0.3) is 16.6 Å². The van der Waals surface area contributed by atoms with Crippen LogP contribution < -0.4 is 10.9 Å². The third-order valence-corrected chi connectivity index (χ3v) is 9.47. The number of carbonyl (C=O) groups excluding carboxylic acids is 1. The van der Waals surface area contributed by atoms with Crippen LogP contribution >= 0.6 is 23.1 Å². The van der Waals surface area contributed by atoms with Crippen molar-refractivity contribution in [2.45, 2.75) is 57.4 Å². The molecule has 2 aromatic heterocycles. The molecule has 4 aromatic rings. The van der Waals surface area contributed by atoms with E-state index in [-0.39, 0.29) is 16.9 Å². The smallest absolute Gasteiger partial charge is 0.266 e. The van der Waals surface area contributed by atoms with Gasteiger partial charge in [0.2, 0.25) is 5.91 Å². The number of nitrogens with zero attached hydrogens (tertiary/aromatic N) is 3. The number of thiophene rings is 1. The number of anilines is 1. The van der Waals surface area contributed by atoms with Crippen LogP contribution in [0.3, 0.4) is 0 Å². The molecular formula is C30H30N4O2S2. The summed E-state index contributed by atoms with van der Waals surface area (Å²) in [4.78, 5) is 32.8. The second kappa shape index (κ2) is 10.4. The minimum atomic E-state index is -0.550. The highest BCUT2D eigenvalue weighted by Gasteiger charge is 2.33. The third-order valence-electron chi connectivity index (χ3n) is 7.25. The van der Waals surface area contributed by atoms with Gasteiger partial charge in [-0.15, -0.1) is 11.3 Å². The molecule has 1 N–H and O–H groups in total. The van der Waals surface area contributed by atoms with Crippen molar-refractivity contribution in [2.75, 3.05) is 5.32 Å². The number of benzene rings is 2. The van der Waals surface area contributed by atoms with Gasteiger partial charge in [-0.25, -0.2) is 4.98 Å². The number of carbonyl (C=O) groups is 1. The number of nitrogens with one attached hydrogen (secondary N) is 1. The number of thioether (sulfide) groups is 1. The maximum absolute atomic E-state index is 13.5. The van der Waals surface area contributed by atoms with E-state index in [0.717, 1.165) is 24.8 Å². The lowest BCUT2D eigenvalue weighted by Crippen LogP contribution is -2.26. The van der Waals surface area contributed by atoms with E-state index in [1.807, 2.05) is 42.5 Å². The minimum Gasteiger partial charge on any atom is -0.316 e. The summed E-state index contributed by atoms with van der Waals surface area (Å²) in [6, 6.07) is 18.9. The highest BCUT2D eigenvalue weighted by Crippen LogP contribution is 2.44. The van der Waals surface area contributed by atoms with Gasteiger partial charge >= 0.3 is 0 Å². The quantitative estimate of drug-likeness (QED) is 0.227. The molecule has 0 spiro atoms. The summed E-state index contributed by atoms with van der Waals surface area (Å²) in [5, 5.41) is 14.0. The normalized spacial score (nSPS) is 16.0. The van der Waals surface area contributed by atoms with Crippen LogP contribution in [0.2, 0.25) is 0 Å². The number of nitriles is 1. The van der Waals surface area contributed by atoms with Crippen LogP contribution in [0.4, 0.5) is 5.00 Å². The molecule has 0 radical (unpaired) electrons. The number of hydrogen-bond acceptors (Lipinski definition) is 6. The third kappa shape index (κ3) is 5.01. The van der Waals surface area contributed by atoms with Gasteiger partial charge in [-0.3, -0.25) is 14.2 Å². The van der Waals surface area contributed by atoms with Gasteiger partial charge in [-0.05, 0) is 67.3 Å². The van der Waals surface area contributed by atoms with Gasteiger partial charge in [0.25, 0.3) is 5.56 Å². The van der Waals surface area contributed by atoms with Crippen molar-refractivity contribution in [2.24, 2.45) is 11.3 Å². The number of rotatable bonds is 5. The van der Waals surface area contributed by atoms with Gasteiger partial charge in [0.05, 0.1) is 27.4 Å². The standard InChI is InChI=1S/C30H30N4O2S2/c1-18(26(35)33-27-23(17-31)21-15-14-19(30(2,3)4)16-25(21)38-27)37-29-32-24-13-9-8-12-22(24)28(36)34(29)20-10-6-5-7-11-20/h5-13,18-19H,14-16H2,1-4H3,(H,33,35). The summed E-state index contributed by atoms with van der Waals surface area (Å²) in [6.07, 6.45) is 2.84. The molecule has 5 rings (SSSR count). The van der Waals surface area contributed by atoms with E-state index in [0.29, 0.717) is 38.2 Å². The average molecular weight is 543 g/mol. The Morgan fingerprint density at radius 3 is 2.61 bits per heavy atom. The Morgan fingerprint density at radius 2 is 1.89 bits per heavy atom. The van der Waals surface area contributed by atoms with Gasteiger partial charge in [0.1, 0.15) is 11.1 Å². The molecule has 1 aliphatic rings. The van der Waals surface area contributed by atoms with E-state index < -0.39 is 5.25 Å². The number of aromatic nitrogens is 2. The van der Waals surface area contributed by atoms with E-state index in [4.69, 9.17) is 4.98 Å². The summed E-state index contributed by atoms with van der Waals surface area (Å²) < 4.78 is 1.56. The van der Waals surface area contributed by atoms with Gasteiger partial charge in [0.15, 0.2) is 5.16 Å². The maximum atomic E-state index is 13.5. The lowest BCUT2D eigenvalue weighted by molar-refractivity contribution is -0.115. The van der Waals surface area contributed by atoms with Crippen molar-refractivity contribution in [3.8, 4) is 11.8 Å². The van der Waals surface area contributed by atoms with Crippen molar-refractivity contribution >= 4 is 44.9 Å². The van der Waals surface area contributed by atoms with Crippen molar-refractivity contribution in [1.82, 2.24) is 9.55 Å². The Hall–Kier alpha value is -3.41. The Bertz CT molecular complexity index is 1610. The fourth-order valence-electron chi connectivity index (χ4n) is 4.95. The maximum Gasteiger partial charge on any atom is 0.266 e. The molecular weight excluding hydrogens is 512 g/mol. The largest absolute Gasteiger partial charge is 0.316 e. The minimum absolute atomic E-state index is 0.178. The fourth-order valence-corrected chi connectivity index (χ4v) is 7.16. The zero-order chi connectivity index (χ0) is 27.0. The first-order valence-corrected chi connectivity index (χ1v) is 14.5. The molecule has 8 heteroatoms. The summed E-state index contributed by atoms with van der Waals surface area (Å²) in [5.74, 6) is 0.325. The molecule has 2 atom stereocenters. The first kappa shape index (κ1) is 26.2. The lowest BCUT2D eigenvalue weighted by atomic mass is 9.72. The highest BCUT2D eigenvalue weighted by molar-refractivity contribution is 8.00. The van der Waals surface area contributed by atoms with Crippen LogP contribution in [0, 0.1) is 22.7 Å². The topological polar surface area (TPSA) is 87.8 Å². The Morgan fingerprint density at radius 1 is 1.18 bits per heavy atom. The monoisotopic (exact) mass is 542 g/mol. The van der Waals surface area contributed by atoms with Crippen molar-refractivity contribution in [3.63, 3.8) is 0 Å². The molecule has 1 amide bonds. The van der Waals surface area contributed by atoms with E-state index in [2.05, 4.69) is 32.2 Å². The number of hydrogen-bond donors (Lipinski definition) is 1. The summed E-state index contributed by atoms with van der Waals surface area (Å²) in [7, 11) is 0. The predicted molar refractivity (Wildman–Crippen MR) is 155 cm³/mol. The van der Waals surface area contributed by atoms with Gasteiger partial charge < -0.3 is 5.32 Å². The summed E-state index contributed by atoms with van der Waals surface area (Å²) >= 11 is 2.76. The van der Waals surface area contributed by atoms with E-state index in [1.54, 1.807) is 23.6 Å². The van der Waals surface area contributed by atoms with Crippen LogP contribution in [-0.4, -0.2) is 20.7 Å². The first-order chi connectivity index (χ1) is 18.2. The van der Waals surface area contributed by atoms with Crippen LogP contribution in [0.1, 0.15) is 50.1 Å². The number of fused-ring (bicyclic) bond motifs is 2. The molecule has 2 aromatic carbocycles. The molecule has 0 saturated heterocycles. The molecule has 194 valence electrons. The summed E-state index contributed by atoms with van der Waals surface area (Å²) in [6.45, 7) is 8.59. The second-order valence-electron chi connectivity index (χ2n) is 10.8. The molecule has 38 heavy (non-hydrogen) atoms. The molecule has 2 heterocycles. The molecule has 0 bridgehead atoms. The Balaban J connectivity index is 1.43. The zero-order valence-corrected chi connectivity index (χ0v) is 23.6. The van der Waals surface area contributed by atoms with E-state index in [1.165, 1.54) is 28.0 Å². The van der Waals surface area contributed by atoms with Gasteiger partial charge in [0, 0.05) is 4.88 Å². The predicted octanol–water partition coefficient (Wildman–Crippen LogP) is 6.59. The van der Waals surface area contributed by atoms with Crippen molar-refractivity contribution in [3.05, 3.63) is 81.0 Å². The number of para-hydroxylation sites is 2. The second-order valence-corrected chi connectivity index (χ2v) is 13.2. The van der Waals surface area contributed by atoms with Crippen molar-refractivity contribution < 1.29 is 4.79 Å². The lowest BCUT2D eigenvalue weighted by Gasteiger charge is -2.33. The zero-order valence-electron chi connectivity index (χ0n) is 21.9. The highest BCUT2D eigenvalue weighted by atomic mass is 32.2. The molecule has 0 aliphatic heterocycles.